The molecule has 0 spiro atoms. The zero-order chi connectivity index (χ0) is 15.0. The quantitative estimate of drug-likeness (QED) is 0.888. The Morgan fingerprint density at radius 3 is 2.67 bits per heavy atom. The second kappa shape index (κ2) is 5.48. The van der Waals surface area contributed by atoms with Crippen molar-refractivity contribution in [3.8, 4) is 17.1 Å². The van der Waals surface area contributed by atoms with Crippen LogP contribution in [-0.4, -0.2) is 21.8 Å². The third kappa shape index (κ3) is 2.65. The van der Waals surface area contributed by atoms with Crippen LogP contribution in [0.15, 0.2) is 16.7 Å². The van der Waals surface area contributed by atoms with Crippen LogP contribution in [0.5, 0.6) is 5.75 Å². The van der Waals surface area contributed by atoms with Crippen LogP contribution in [0.4, 0.5) is 0 Å². The highest BCUT2D eigenvalue weighted by Gasteiger charge is 2.27. The summed E-state index contributed by atoms with van der Waals surface area (Å²) in [5, 5.41) is 17.4. The first-order valence-electron chi connectivity index (χ1n) is 7.44. The van der Waals surface area contributed by atoms with Gasteiger partial charge in [0.05, 0.1) is 6.04 Å². The zero-order valence-electron chi connectivity index (χ0n) is 12.7. The molecule has 0 saturated carbocycles. The second-order valence-electron chi connectivity index (χ2n) is 5.97. The number of rotatable bonds is 2. The first-order chi connectivity index (χ1) is 10.1. The third-order valence-corrected chi connectivity index (χ3v) is 4.23. The molecule has 112 valence electrons. The number of piperidine rings is 1. The summed E-state index contributed by atoms with van der Waals surface area (Å²) in [5.74, 6) is 2.05. The van der Waals surface area contributed by atoms with Crippen LogP contribution in [0, 0.1) is 19.8 Å². The maximum atomic E-state index is 9.85. The van der Waals surface area contributed by atoms with E-state index in [9.17, 15) is 5.11 Å². The van der Waals surface area contributed by atoms with Gasteiger partial charge in [0.1, 0.15) is 5.75 Å². The van der Waals surface area contributed by atoms with Gasteiger partial charge < -0.3 is 14.9 Å². The van der Waals surface area contributed by atoms with E-state index in [1.807, 2.05) is 26.0 Å². The maximum Gasteiger partial charge on any atom is 0.244 e. The van der Waals surface area contributed by atoms with Crippen molar-refractivity contribution < 1.29 is 9.63 Å². The van der Waals surface area contributed by atoms with E-state index < -0.39 is 0 Å². The fourth-order valence-electron chi connectivity index (χ4n) is 2.94. The van der Waals surface area contributed by atoms with Crippen molar-refractivity contribution in [3.63, 3.8) is 0 Å². The molecular weight excluding hydrogens is 266 g/mol. The summed E-state index contributed by atoms with van der Waals surface area (Å²) in [5.41, 5.74) is 2.52. The van der Waals surface area contributed by atoms with Gasteiger partial charge in [-0.3, -0.25) is 0 Å². The Balaban J connectivity index is 1.91. The molecule has 1 fully saturated rings. The van der Waals surface area contributed by atoms with Crippen molar-refractivity contribution in [2.75, 3.05) is 6.54 Å². The lowest BCUT2D eigenvalue weighted by molar-refractivity contribution is 0.239. The van der Waals surface area contributed by atoms with Gasteiger partial charge in [0, 0.05) is 5.56 Å². The van der Waals surface area contributed by atoms with Crippen LogP contribution in [-0.2, 0) is 0 Å². The predicted octanol–water partition coefficient (Wildman–Crippen LogP) is 3.12. The molecule has 0 aliphatic carbocycles. The van der Waals surface area contributed by atoms with Crippen molar-refractivity contribution >= 4 is 0 Å². The Bertz CT molecular complexity index is 628. The fraction of sp³-hybridized carbons (Fsp3) is 0.500. The highest BCUT2D eigenvalue weighted by Crippen LogP contribution is 2.31. The van der Waals surface area contributed by atoms with Gasteiger partial charge in [0.15, 0.2) is 0 Å². The van der Waals surface area contributed by atoms with Crippen molar-refractivity contribution in [3.05, 3.63) is 29.2 Å². The molecule has 3 rings (SSSR count). The highest BCUT2D eigenvalue weighted by atomic mass is 16.5. The van der Waals surface area contributed by atoms with Gasteiger partial charge in [-0.05, 0) is 62.4 Å². The average Bonchev–Trinajstić information content (AvgIpc) is 2.94. The number of nitrogens with one attached hydrogen (secondary N) is 1. The first-order valence-corrected chi connectivity index (χ1v) is 7.44. The molecule has 1 aliphatic rings. The molecule has 2 atom stereocenters. The van der Waals surface area contributed by atoms with E-state index in [1.165, 1.54) is 12.8 Å². The molecule has 1 aliphatic heterocycles. The average molecular weight is 287 g/mol. The zero-order valence-corrected chi connectivity index (χ0v) is 12.7. The van der Waals surface area contributed by atoms with E-state index in [2.05, 4.69) is 22.4 Å². The molecule has 5 heteroatoms. The predicted molar refractivity (Wildman–Crippen MR) is 80.0 cm³/mol. The fourth-order valence-corrected chi connectivity index (χ4v) is 2.94. The van der Waals surface area contributed by atoms with Crippen LogP contribution < -0.4 is 5.32 Å². The topological polar surface area (TPSA) is 71.2 Å². The molecule has 2 unspecified atom stereocenters. The van der Waals surface area contributed by atoms with Crippen molar-refractivity contribution in [2.45, 2.75) is 39.7 Å². The molecule has 21 heavy (non-hydrogen) atoms. The summed E-state index contributed by atoms with van der Waals surface area (Å²) in [4.78, 5) is 4.54. The lowest BCUT2D eigenvalue weighted by Crippen LogP contribution is -2.33. The SMILES string of the molecule is Cc1cc(-c2noc(C3NCCCC3C)n2)cc(C)c1O. The van der Waals surface area contributed by atoms with Crippen LogP contribution in [0.25, 0.3) is 11.4 Å². The summed E-state index contributed by atoms with van der Waals surface area (Å²) in [6.45, 7) is 6.94. The van der Waals surface area contributed by atoms with Crippen LogP contribution in [0.3, 0.4) is 0 Å². The van der Waals surface area contributed by atoms with E-state index in [1.54, 1.807) is 0 Å². The molecule has 2 aromatic rings. The molecule has 0 amide bonds. The summed E-state index contributed by atoms with van der Waals surface area (Å²) < 4.78 is 5.45. The van der Waals surface area contributed by atoms with Gasteiger partial charge in [-0.2, -0.15) is 4.98 Å². The van der Waals surface area contributed by atoms with Crippen LogP contribution >= 0.6 is 0 Å². The van der Waals surface area contributed by atoms with E-state index >= 15 is 0 Å². The van der Waals surface area contributed by atoms with Gasteiger partial charge in [-0.1, -0.05) is 12.1 Å². The Morgan fingerprint density at radius 2 is 2.00 bits per heavy atom. The van der Waals surface area contributed by atoms with Crippen LogP contribution in [0.1, 0.15) is 42.8 Å². The molecular formula is C16H21N3O2. The Kier molecular flexibility index (Phi) is 3.68. The molecule has 0 radical (unpaired) electrons. The minimum atomic E-state index is 0.138. The Hall–Kier alpha value is -1.88. The number of aromatic hydroxyl groups is 1. The van der Waals surface area contributed by atoms with Gasteiger partial charge in [-0.15, -0.1) is 0 Å². The van der Waals surface area contributed by atoms with Gasteiger partial charge in [-0.25, -0.2) is 0 Å². The molecule has 1 aromatic heterocycles. The first kappa shape index (κ1) is 14.1. The maximum absolute atomic E-state index is 9.85. The Labute approximate surface area is 124 Å². The smallest absolute Gasteiger partial charge is 0.244 e. The standard InChI is InChI=1S/C16H21N3O2/c1-9-5-4-6-17-13(9)16-18-15(19-21-16)12-7-10(2)14(20)11(3)8-12/h7-9,13,17,20H,4-6H2,1-3H3. The van der Waals surface area contributed by atoms with Crippen molar-refractivity contribution in [1.82, 2.24) is 15.5 Å². The van der Waals surface area contributed by atoms with Crippen LogP contribution in [0.2, 0.25) is 0 Å². The minimum Gasteiger partial charge on any atom is -0.507 e. The summed E-state index contributed by atoms with van der Waals surface area (Å²) in [7, 11) is 0. The monoisotopic (exact) mass is 287 g/mol. The number of nitrogens with zero attached hydrogens (tertiary/aromatic N) is 2. The number of phenolic OH excluding ortho intramolecular Hbond substituents is 1. The number of aromatic nitrogens is 2. The highest BCUT2D eigenvalue weighted by molar-refractivity contribution is 5.60. The summed E-state index contributed by atoms with van der Waals surface area (Å²) in [6.07, 6.45) is 2.36. The third-order valence-electron chi connectivity index (χ3n) is 4.23. The molecule has 0 bridgehead atoms. The molecule has 1 aromatic carbocycles. The number of benzene rings is 1. The number of aryl methyl sites for hydroxylation is 2. The molecule has 2 N–H and O–H groups in total. The van der Waals surface area contributed by atoms with E-state index in [-0.39, 0.29) is 6.04 Å². The van der Waals surface area contributed by atoms with Gasteiger partial charge in [0.2, 0.25) is 11.7 Å². The number of phenols is 1. The van der Waals surface area contributed by atoms with E-state index in [4.69, 9.17) is 4.52 Å². The normalized spacial score (nSPS) is 22.4. The number of hydrogen-bond donors (Lipinski definition) is 2. The van der Waals surface area contributed by atoms with Gasteiger partial charge >= 0.3 is 0 Å². The van der Waals surface area contributed by atoms with E-state index in [0.29, 0.717) is 23.4 Å². The van der Waals surface area contributed by atoms with Gasteiger partial charge in [0.25, 0.3) is 0 Å². The Morgan fingerprint density at radius 1 is 1.29 bits per heavy atom. The molecule has 1 saturated heterocycles. The summed E-state index contributed by atoms with van der Waals surface area (Å²) >= 11 is 0. The number of hydrogen-bond acceptors (Lipinski definition) is 5. The minimum absolute atomic E-state index is 0.138. The lowest BCUT2D eigenvalue weighted by atomic mass is 9.93. The molecule has 5 nitrogen and oxygen atoms in total. The molecule has 2 heterocycles. The van der Waals surface area contributed by atoms with Crippen molar-refractivity contribution in [1.29, 1.82) is 0 Å². The van der Waals surface area contributed by atoms with E-state index in [0.717, 1.165) is 23.2 Å². The summed E-state index contributed by atoms with van der Waals surface area (Å²) in [6, 6.07) is 3.91. The second-order valence-corrected chi connectivity index (χ2v) is 5.97. The lowest BCUT2D eigenvalue weighted by Gasteiger charge is -2.26. The largest absolute Gasteiger partial charge is 0.507 e. The van der Waals surface area contributed by atoms with Crippen molar-refractivity contribution in [2.24, 2.45) is 5.92 Å².